The van der Waals surface area contributed by atoms with E-state index >= 15 is 0 Å². The topological polar surface area (TPSA) is 50.9 Å². The molecule has 0 amide bonds. The molecule has 0 aliphatic carbocycles. The third-order valence-electron chi connectivity index (χ3n) is 4.13. The molecule has 1 N–H and O–H groups in total. The molecule has 0 saturated heterocycles. The number of nitrogens with zero attached hydrogens (tertiary/aromatic N) is 3. The first-order valence-electron chi connectivity index (χ1n) is 8.36. The molecule has 25 heavy (non-hydrogen) atoms. The SMILES string of the molecule is CC(C)(C)C(O)C(=C(c1ccccc1)c1ccccc1)n1cncn1. The molecule has 1 aromatic heterocycles. The number of rotatable bonds is 4. The van der Waals surface area contributed by atoms with Crippen LogP contribution in [0.2, 0.25) is 0 Å². The van der Waals surface area contributed by atoms with Gasteiger partial charge in [-0.1, -0.05) is 81.4 Å². The average Bonchev–Trinajstić information content (AvgIpc) is 3.14. The molecule has 0 aliphatic heterocycles. The first-order chi connectivity index (χ1) is 12.0. The first kappa shape index (κ1) is 17.1. The van der Waals surface area contributed by atoms with Crippen molar-refractivity contribution in [1.82, 2.24) is 14.8 Å². The van der Waals surface area contributed by atoms with Gasteiger partial charge in [-0.2, -0.15) is 5.10 Å². The fourth-order valence-electron chi connectivity index (χ4n) is 2.79. The van der Waals surface area contributed by atoms with E-state index in [0.717, 1.165) is 22.4 Å². The second-order valence-electron chi connectivity index (χ2n) is 7.10. The molecule has 1 unspecified atom stereocenters. The number of aliphatic hydroxyl groups is 1. The largest absolute Gasteiger partial charge is 0.386 e. The average molecular weight is 333 g/mol. The van der Waals surface area contributed by atoms with E-state index < -0.39 is 6.10 Å². The van der Waals surface area contributed by atoms with E-state index in [4.69, 9.17) is 0 Å². The maximum atomic E-state index is 11.2. The fourth-order valence-corrected chi connectivity index (χ4v) is 2.79. The van der Waals surface area contributed by atoms with Crippen LogP contribution in [0.3, 0.4) is 0 Å². The Balaban J connectivity index is 2.35. The number of aliphatic hydroxyl groups excluding tert-OH is 1. The zero-order valence-corrected chi connectivity index (χ0v) is 14.8. The van der Waals surface area contributed by atoms with Gasteiger partial charge in [-0.15, -0.1) is 0 Å². The molecule has 2 aromatic carbocycles. The standard InChI is InChI=1S/C21H23N3O/c1-21(2,3)20(25)19(24-15-22-14-23-24)18(16-10-6-4-7-11-16)17-12-8-5-9-13-17/h4-15,20,25H,1-3H3. The van der Waals surface area contributed by atoms with Crippen LogP contribution >= 0.6 is 0 Å². The van der Waals surface area contributed by atoms with Crippen molar-refractivity contribution in [2.45, 2.75) is 26.9 Å². The highest BCUT2D eigenvalue weighted by molar-refractivity contribution is 5.94. The van der Waals surface area contributed by atoms with Gasteiger partial charge in [0.25, 0.3) is 0 Å². The third kappa shape index (κ3) is 3.69. The van der Waals surface area contributed by atoms with Crippen molar-refractivity contribution in [3.8, 4) is 0 Å². The van der Waals surface area contributed by atoms with Crippen LogP contribution < -0.4 is 0 Å². The molecule has 0 fully saturated rings. The summed E-state index contributed by atoms with van der Waals surface area (Å²) in [4.78, 5) is 4.08. The van der Waals surface area contributed by atoms with Crippen LogP contribution in [0.25, 0.3) is 11.3 Å². The van der Waals surface area contributed by atoms with Crippen LogP contribution in [-0.4, -0.2) is 26.0 Å². The predicted octanol–water partition coefficient (Wildman–Crippen LogP) is 4.10. The smallest absolute Gasteiger partial charge is 0.138 e. The molecule has 0 radical (unpaired) electrons. The summed E-state index contributed by atoms with van der Waals surface area (Å²) in [5, 5.41) is 15.5. The van der Waals surface area contributed by atoms with Gasteiger partial charge < -0.3 is 5.11 Å². The lowest BCUT2D eigenvalue weighted by Gasteiger charge is -2.30. The lowest BCUT2D eigenvalue weighted by atomic mass is 9.83. The van der Waals surface area contributed by atoms with Gasteiger partial charge in [0.1, 0.15) is 18.8 Å². The highest BCUT2D eigenvalue weighted by Gasteiger charge is 2.30. The second-order valence-corrected chi connectivity index (χ2v) is 7.10. The van der Waals surface area contributed by atoms with Gasteiger partial charge in [0.15, 0.2) is 0 Å². The molecule has 0 spiro atoms. The van der Waals surface area contributed by atoms with Gasteiger partial charge in [0, 0.05) is 5.57 Å². The van der Waals surface area contributed by atoms with Crippen molar-refractivity contribution >= 4 is 11.3 Å². The van der Waals surface area contributed by atoms with E-state index in [0.29, 0.717) is 0 Å². The second kappa shape index (κ2) is 7.03. The molecule has 3 rings (SSSR count). The Morgan fingerprint density at radius 1 is 0.920 bits per heavy atom. The van der Waals surface area contributed by atoms with Crippen LogP contribution in [0.5, 0.6) is 0 Å². The summed E-state index contributed by atoms with van der Waals surface area (Å²) in [6, 6.07) is 20.2. The van der Waals surface area contributed by atoms with Gasteiger partial charge in [-0.25, -0.2) is 9.67 Å². The Bertz CT molecular complexity index is 790. The minimum absolute atomic E-state index is 0.351. The number of hydrogen-bond acceptors (Lipinski definition) is 3. The fraction of sp³-hybridized carbons (Fsp3) is 0.238. The van der Waals surface area contributed by atoms with Crippen molar-refractivity contribution in [2.75, 3.05) is 0 Å². The van der Waals surface area contributed by atoms with Crippen LogP contribution in [-0.2, 0) is 0 Å². The minimum Gasteiger partial charge on any atom is -0.386 e. The summed E-state index contributed by atoms with van der Waals surface area (Å²) in [7, 11) is 0. The number of benzene rings is 2. The molecular weight excluding hydrogens is 310 g/mol. The normalized spacial score (nSPS) is 12.6. The lowest BCUT2D eigenvalue weighted by molar-refractivity contribution is 0.109. The van der Waals surface area contributed by atoms with E-state index in [1.807, 2.05) is 57.2 Å². The maximum absolute atomic E-state index is 11.2. The molecule has 1 atom stereocenters. The molecule has 128 valence electrons. The van der Waals surface area contributed by atoms with Crippen molar-refractivity contribution in [3.05, 3.63) is 84.4 Å². The highest BCUT2D eigenvalue weighted by Crippen LogP contribution is 2.36. The summed E-state index contributed by atoms with van der Waals surface area (Å²) in [6.45, 7) is 6.05. The monoisotopic (exact) mass is 333 g/mol. The highest BCUT2D eigenvalue weighted by atomic mass is 16.3. The molecule has 0 saturated carbocycles. The molecule has 0 bridgehead atoms. The van der Waals surface area contributed by atoms with Gasteiger partial charge >= 0.3 is 0 Å². The summed E-state index contributed by atoms with van der Waals surface area (Å²) >= 11 is 0. The minimum atomic E-state index is -0.718. The molecular formula is C21H23N3O. The summed E-state index contributed by atoms with van der Waals surface area (Å²) < 4.78 is 1.67. The van der Waals surface area contributed by atoms with E-state index in [1.54, 1.807) is 11.0 Å². The van der Waals surface area contributed by atoms with Crippen molar-refractivity contribution < 1.29 is 5.11 Å². The van der Waals surface area contributed by atoms with Crippen LogP contribution in [0.1, 0.15) is 31.9 Å². The van der Waals surface area contributed by atoms with Gasteiger partial charge in [0.05, 0.1) is 5.70 Å². The van der Waals surface area contributed by atoms with E-state index in [9.17, 15) is 5.11 Å². The zero-order valence-electron chi connectivity index (χ0n) is 14.8. The van der Waals surface area contributed by atoms with E-state index in [1.165, 1.54) is 6.33 Å². The maximum Gasteiger partial charge on any atom is 0.138 e. The molecule has 4 nitrogen and oxygen atoms in total. The Labute approximate surface area is 148 Å². The van der Waals surface area contributed by atoms with Crippen molar-refractivity contribution in [2.24, 2.45) is 5.41 Å². The first-order valence-corrected chi connectivity index (χ1v) is 8.36. The van der Waals surface area contributed by atoms with Crippen LogP contribution in [0.15, 0.2) is 73.3 Å². The van der Waals surface area contributed by atoms with Gasteiger partial charge in [0.2, 0.25) is 0 Å². The number of aromatic nitrogens is 3. The Morgan fingerprint density at radius 2 is 1.44 bits per heavy atom. The van der Waals surface area contributed by atoms with Crippen molar-refractivity contribution in [3.63, 3.8) is 0 Å². The Hall–Kier alpha value is -2.72. The quantitative estimate of drug-likeness (QED) is 0.782. The van der Waals surface area contributed by atoms with Crippen molar-refractivity contribution in [1.29, 1.82) is 0 Å². The van der Waals surface area contributed by atoms with Gasteiger partial charge in [-0.05, 0) is 16.5 Å². The molecule has 1 heterocycles. The molecule has 0 aliphatic rings. The van der Waals surface area contributed by atoms with E-state index in [-0.39, 0.29) is 5.41 Å². The molecule has 3 aromatic rings. The van der Waals surface area contributed by atoms with Crippen LogP contribution in [0.4, 0.5) is 0 Å². The Kier molecular flexibility index (Phi) is 4.81. The summed E-state index contributed by atoms with van der Waals surface area (Å²) in [5.41, 5.74) is 3.39. The number of hydrogen-bond donors (Lipinski definition) is 1. The third-order valence-corrected chi connectivity index (χ3v) is 4.13. The van der Waals surface area contributed by atoms with Gasteiger partial charge in [-0.3, -0.25) is 0 Å². The summed E-state index contributed by atoms with van der Waals surface area (Å²) in [5.74, 6) is 0. The zero-order chi connectivity index (χ0) is 17.9. The lowest BCUT2D eigenvalue weighted by Crippen LogP contribution is -2.31. The molecule has 4 heteroatoms. The summed E-state index contributed by atoms with van der Waals surface area (Å²) in [6.07, 6.45) is 2.41. The predicted molar refractivity (Wildman–Crippen MR) is 101 cm³/mol. The van der Waals surface area contributed by atoms with Crippen LogP contribution in [0, 0.1) is 5.41 Å². The Morgan fingerprint density at radius 3 is 1.84 bits per heavy atom. The van der Waals surface area contributed by atoms with E-state index in [2.05, 4.69) is 34.3 Å².